The molecule has 3 aromatic rings. The number of amides is 1. The minimum atomic E-state index is -0.233. The van der Waals surface area contributed by atoms with E-state index in [0.717, 1.165) is 5.75 Å². The summed E-state index contributed by atoms with van der Waals surface area (Å²) in [6.45, 7) is 2.50. The zero-order chi connectivity index (χ0) is 16.1. The molecule has 0 aliphatic heterocycles. The number of ether oxygens (including phenoxy) is 1. The van der Waals surface area contributed by atoms with Crippen molar-refractivity contribution in [1.29, 1.82) is 0 Å². The van der Waals surface area contributed by atoms with Gasteiger partial charge in [-0.05, 0) is 37.3 Å². The zero-order valence-electron chi connectivity index (χ0n) is 12.5. The third-order valence-electron chi connectivity index (χ3n) is 3.03. The number of carbonyl (C=O) groups excluding carboxylic acids is 1. The van der Waals surface area contributed by atoms with Gasteiger partial charge >= 0.3 is 0 Å². The lowest BCUT2D eigenvalue weighted by molar-refractivity contribution is 0.102. The van der Waals surface area contributed by atoms with E-state index >= 15 is 0 Å². The second-order valence-electron chi connectivity index (χ2n) is 4.63. The molecule has 7 heteroatoms. The van der Waals surface area contributed by atoms with Gasteiger partial charge < -0.3 is 10.1 Å². The van der Waals surface area contributed by atoms with Crippen LogP contribution in [0.15, 0.2) is 55.1 Å². The van der Waals surface area contributed by atoms with E-state index in [1.54, 1.807) is 42.7 Å². The van der Waals surface area contributed by atoms with Gasteiger partial charge in [0.05, 0.1) is 24.7 Å². The maximum atomic E-state index is 12.2. The van der Waals surface area contributed by atoms with E-state index in [1.807, 2.05) is 6.92 Å². The Hall–Kier alpha value is -3.22. The molecule has 0 fully saturated rings. The fourth-order valence-electron chi connectivity index (χ4n) is 1.96. The van der Waals surface area contributed by atoms with Crippen molar-refractivity contribution in [1.82, 2.24) is 19.7 Å². The molecule has 0 atom stereocenters. The van der Waals surface area contributed by atoms with E-state index < -0.39 is 0 Å². The summed E-state index contributed by atoms with van der Waals surface area (Å²) in [7, 11) is 0. The second-order valence-corrected chi connectivity index (χ2v) is 4.63. The SMILES string of the molecule is CCOc1ccc(C(=O)Nc2cnc(-n3cccn3)nc2)cc1. The van der Waals surface area contributed by atoms with Gasteiger partial charge in [0.1, 0.15) is 5.75 Å². The zero-order valence-corrected chi connectivity index (χ0v) is 12.5. The van der Waals surface area contributed by atoms with Crippen LogP contribution in [0.1, 0.15) is 17.3 Å². The minimum Gasteiger partial charge on any atom is -0.494 e. The number of hydrogen-bond donors (Lipinski definition) is 1. The Morgan fingerprint density at radius 3 is 2.57 bits per heavy atom. The summed E-state index contributed by atoms with van der Waals surface area (Å²) < 4.78 is 6.89. The molecule has 0 bridgehead atoms. The quantitative estimate of drug-likeness (QED) is 0.782. The summed E-state index contributed by atoms with van der Waals surface area (Å²) in [4.78, 5) is 20.5. The summed E-state index contributed by atoms with van der Waals surface area (Å²) >= 11 is 0. The average molecular weight is 309 g/mol. The maximum Gasteiger partial charge on any atom is 0.255 e. The van der Waals surface area contributed by atoms with Gasteiger partial charge in [0.2, 0.25) is 0 Å². The lowest BCUT2D eigenvalue weighted by Crippen LogP contribution is -2.13. The monoisotopic (exact) mass is 309 g/mol. The van der Waals surface area contributed by atoms with Gasteiger partial charge in [-0.2, -0.15) is 5.10 Å². The molecule has 1 N–H and O–H groups in total. The molecule has 2 heterocycles. The topological polar surface area (TPSA) is 81.9 Å². The van der Waals surface area contributed by atoms with Crippen LogP contribution in [0.5, 0.6) is 5.75 Å². The van der Waals surface area contributed by atoms with Gasteiger partial charge in [0, 0.05) is 18.0 Å². The third-order valence-corrected chi connectivity index (χ3v) is 3.03. The molecule has 116 valence electrons. The Balaban J connectivity index is 1.67. The molecule has 23 heavy (non-hydrogen) atoms. The first-order valence-electron chi connectivity index (χ1n) is 7.12. The van der Waals surface area contributed by atoms with E-state index in [4.69, 9.17) is 4.74 Å². The lowest BCUT2D eigenvalue weighted by atomic mass is 10.2. The second kappa shape index (κ2) is 6.69. The summed E-state index contributed by atoms with van der Waals surface area (Å²) in [5, 5.41) is 6.79. The number of hydrogen-bond acceptors (Lipinski definition) is 5. The molecule has 0 spiro atoms. The number of benzene rings is 1. The molecule has 0 saturated carbocycles. The molecule has 0 aliphatic carbocycles. The summed E-state index contributed by atoms with van der Waals surface area (Å²) in [6, 6.07) is 8.72. The number of rotatable bonds is 5. The van der Waals surface area contributed by atoms with E-state index in [0.29, 0.717) is 23.8 Å². The summed E-state index contributed by atoms with van der Waals surface area (Å²) in [6.07, 6.45) is 6.46. The van der Waals surface area contributed by atoms with Crippen molar-refractivity contribution in [3.05, 3.63) is 60.7 Å². The fraction of sp³-hybridized carbons (Fsp3) is 0.125. The van der Waals surface area contributed by atoms with Gasteiger partial charge in [-0.3, -0.25) is 4.79 Å². The van der Waals surface area contributed by atoms with E-state index in [2.05, 4.69) is 20.4 Å². The normalized spacial score (nSPS) is 10.3. The molecule has 0 aliphatic rings. The van der Waals surface area contributed by atoms with Crippen molar-refractivity contribution < 1.29 is 9.53 Å². The molecule has 0 unspecified atom stereocenters. The van der Waals surface area contributed by atoms with Crippen LogP contribution in [0.4, 0.5) is 5.69 Å². The molecule has 2 aromatic heterocycles. The molecular weight excluding hydrogens is 294 g/mol. The number of aromatic nitrogens is 4. The van der Waals surface area contributed by atoms with Crippen LogP contribution in [0.3, 0.4) is 0 Å². The molecule has 1 amide bonds. The van der Waals surface area contributed by atoms with Crippen LogP contribution in [0.2, 0.25) is 0 Å². The molecule has 3 rings (SSSR count). The fourth-order valence-corrected chi connectivity index (χ4v) is 1.96. The Morgan fingerprint density at radius 2 is 1.96 bits per heavy atom. The number of carbonyl (C=O) groups is 1. The first-order valence-corrected chi connectivity index (χ1v) is 7.12. The van der Waals surface area contributed by atoms with Gasteiger partial charge in [-0.1, -0.05) is 0 Å². The van der Waals surface area contributed by atoms with Crippen molar-refractivity contribution in [2.45, 2.75) is 6.92 Å². The first kappa shape index (κ1) is 14.7. The standard InChI is InChI=1S/C16H15N5O2/c1-2-23-14-6-4-12(5-7-14)15(22)20-13-10-17-16(18-11-13)21-9-3-8-19-21/h3-11H,2H2,1H3,(H,20,22). The number of anilines is 1. The molecular formula is C16H15N5O2. The Kier molecular flexibility index (Phi) is 4.28. The van der Waals surface area contributed by atoms with Crippen LogP contribution >= 0.6 is 0 Å². The Morgan fingerprint density at radius 1 is 1.22 bits per heavy atom. The largest absolute Gasteiger partial charge is 0.494 e. The number of nitrogens with one attached hydrogen (secondary N) is 1. The molecule has 1 aromatic carbocycles. The maximum absolute atomic E-state index is 12.2. The van der Waals surface area contributed by atoms with Crippen molar-refractivity contribution in [3.8, 4) is 11.7 Å². The van der Waals surface area contributed by atoms with E-state index in [1.165, 1.54) is 17.1 Å². The molecule has 0 radical (unpaired) electrons. The van der Waals surface area contributed by atoms with Crippen molar-refractivity contribution in [2.75, 3.05) is 11.9 Å². The molecule has 0 saturated heterocycles. The Bertz CT molecular complexity index is 767. The molecule has 7 nitrogen and oxygen atoms in total. The smallest absolute Gasteiger partial charge is 0.255 e. The third kappa shape index (κ3) is 3.52. The van der Waals surface area contributed by atoms with Gasteiger partial charge in [0.25, 0.3) is 11.9 Å². The highest BCUT2D eigenvalue weighted by molar-refractivity contribution is 6.04. The van der Waals surface area contributed by atoms with Gasteiger partial charge in [-0.15, -0.1) is 0 Å². The predicted molar refractivity (Wildman–Crippen MR) is 84.7 cm³/mol. The first-order chi connectivity index (χ1) is 11.3. The van der Waals surface area contributed by atoms with Gasteiger partial charge in [0.15, 0.2) is 0 Å². The summed E-state index contributed by atoms with van der Waals surface area (Å²) in [5.41, 5.74) is 1.05. The highest BCUT2D eigenvalue weighted by Gasteiger charge is 2.07. The van der Waals surface area contributed by atoms with Crippen LogP contribution in [0.25, 0.3) is 5.95 Å². The van der Waals surface area contributed by atoms with Crippen LogP contribution in [-0.4, -0.2) is 32.3 Å². The highest BCUT2D eigenvalue weighted by atomic mass is 16.5. The minimum absolute atomic E-state index is 0.233. The number of nitrogens with zero attached hydrogens (tertiary/aromatic N) is 4. The highest BCUT2D eigenvalue weighted by Crippen LogP contribution is 2.14. The van der Waals surface area contributed by atoms with Crippen LogP contribution in [-0.2, 0) is 0 Å². The van der Waals surface area contributed by atoms with Crippen LogP contribution in [0, 0.1) is 0 Å². The lowest BCUT2D eigenvalue weighted by Gasteiger charge is -2.07. The van der Waals surface area contributed by atoms with Crippen molar-refractivity contribution >= 4 is 11.6 Å². The van der Waals surface area contributed by atoms with Crippen molar-refractivity contribution in [3.63, 3.8) is 0 Å². The van der Waals surface area contributed by atoms with Crippen LogP contribution < -0.4 is 10.1 Å². The van der Waals surface area contributed by atoms with E-state index in [9.17, 15) is 4.79 Å². The van der Waals surface area contributed by atoms with Gasteiger partial charge in [-0.25, -0.2) is 14.6 Å². The van der Waals surface area contributed by atoms with Crippen molar-refractivity contribution in [2.24, 2.45) is 0 Å². The summed E-state index contributed by atoms with van der Waals surface area (Å²) in [5.74, 6) is 0.938. The average Bonchev–Trinajstić information content (AvgIpc) is 3.11. The Labute approximate surface area is 133 Å². The van der Waals surface area contributed by atoms with E-state index in [-0.39, 0.29) is 5.91 Å². The predicted octanol–water partition coefficient (Wildman–Crippen LogP) is 2.31.